The van der Waals surface area contributed by atoms with Crippen LogP contribution < -0.4 is 16.0 Å². The van der Waals surface area contributed by atoms with E-state index in [1.165, 1.54) is 0 Å². The molecule has 0 unspecified atom stereocenters. The van der Waals surface area contributed by atoms with Crippen LogP contribution in [0, 0.1) is 0 Å². The summed E-state index contributed by atoms with van der Waals surface area (Å²) >= 11 is 5.94. The van der Waals surface area contributed by atoms with Crippen molar-refractivity contribution in [2.75, 3.05) is 6.54 Å². The SMILES string of the molecule is C[C@H](NCC(=O)NC(=O)NC1CCCC1)c1cccc(Cl)c1. The summed E-state index contributed by atoms with van der Waals surface area (Å²) in [4.78, 5) is 23.4. The lowest BCUT2D eigenvalue weighted by Gasteiger charge is -2.15. The number of hydrogen-bond donors (Lipinski definition) is 3. The van der Waals surface area contributed by atoms with Gasteiger partial charge in [-0.3, -0.25) is 10.1 Å². The third-order valence-electron chi connectivity index (χ3n) is 3.86. The summed E-state index contributed by atoms with van der Waals surface area (Å²) in [6, 6.07) is 7.23. The molecule has 0 spiro atoms. The van der Waals surface area contributed by atoms with Crippen LogP contribution in [0.2, 0.25) is 5.02 Å². The average molecular weight is 324 g/mol. The van der Waals surface area contributed by atoms with Crippen LogP contribution in [0.5, 0.6) is 0 Å². The van der Waals surface area contributed by atoms with E-state index in [0.717, 1.165) is 31.2 Å². The van der Waals surface area contributed by atoms with Gasteiger partial charge in [0.15, 0.2) is 0 Å². The number of benzene rings is 1. The maximum absolute atomic E-state index is 11.8. The highest BCUT2D eigenvalue weighted by Gasteiger charge is 2.18. The first-order chi connectivity index (χ1) is 10.5. The quantitative estimate of drug-likeness (QED) is 0.780. The molecule has 1 atom stereocenters. The molecule has 3 N–H and O–H groups in total. The van der Waals surface area contributed by atoms with Gasteiger partial charge in [0.05, 0.1) is 6.54 Å². The third kappa shape index (κ3) is 5.31. The molecule has 120 valence electrons. The number of hydrogen-bond acceptors (Lipinski definition) is 3. The number of urea groups is 1. The predicted octanol–water partition coefficient (Wildman–Crippen LogP) is 2.76. The van der Waals surface area contributed by atoms with Gasteiger partial charge in [-0.2, -0.15) is 0 Å². The fourth-order valence-electron chi connectivity index (χ4n) is 2.60. The van der Waals surface area contributed by atoms with E-state index in [4.69, 9.17) is 11.6 Å². The Morgan fingerprint density at radius 1 is 1.32 bits per heavy atom. The minimum atomic E-state index is -0.408. The van der Waals surface area contributed by atoms with Crippen LogP contribution in [0.15, 0.2) is 24.3 Å². The van der Waals surface area contributed by atoms with Gasteiger partial charge in [-0.15, -0.1) is 0 Å². The topological polar surface area (TPSA) is 70.2 Å². The Hall–Kier alpha value is -1.59. The van der Waals surface area contributed by atoms with Crippen LogP contribution in [0.25, 0.3) is 0 Å². The molecule has 0 bridgehead atoms. The normalized spacial score (nSPS) is 16.3. The lowest BCUT2D eigenvalue weighted by atomic mass is 10.1. The van der Waals surface area contributed by atoms with Crippen molar-refractivity contribution >= 4 is 23.5 Å². The number of nitrogens with one attached hydrogen (secondary N) is 3. The molecule has 0 aliphatic heterocycles. The van der Waals surface area contributed by atoms with Gasteiger partial charge in [0.25, 0.3) is 0 Å². The van der Waals surface area contributed by atoms with E-state index in [1.54, 1.807) is 6.07 Å². The number of rotatable bonds is 5. The Bertz CT molecular complexity index is 530. The van der Waals surface area contributed by atoms with Gasteiger partial charge in [0, 0.05) is 17.1 Å². The number of carbonyl (C=O) groups is 2. The lowest BCUT2D eigenvalue weighted by molar-refractivity contribution is -0.119. The molecule has 0 radical (unpaired) electrons. The van der Waals surface area contributed by atoms with Gasteiger partial charge in [0.1, 0.15) is 0 Å². The molecule has 0 heterocycles. The van der Waals surface area contributed by atoms with Gasteiger partial charge in [0.2, 0.25) is 5.91 Å². The summed E-state index contributed by atoms with van der Waals surface area (Å²) in [6.07, 6.45) is 4.26. The zero-order valence-corrected chi connectivity index (χ0v) is 13.5. The minimum Gasteiger partial charge on any atom is -0.335 e. The molecular weight excluding hydrogens is 302 g/mol. The van der Waals surface area contributed by atoms with Crippen molar-refractivity contribution in [3.63, 3.8) is 0 Å². The fraction of sp³-hybridized carbons (Fsp3) is 0.500. The summed E-state index contributed by atoms with van der Waals surface area (Å²) < 4.78 is 0. The number of imide groups is 1. The maximum Gasteiger partial charge on any atom is 0.321 e. The van der Waals surface area contributed by atoms with Crippen molar-refractivity contribution in [3.8, 4) is 0 Å². The van der Waals surface area contributed by atoms with Crippen LogP contribution >= 0.6 is 11.6 Å². The van der Waals surface area contributed by atoms with Crippen molar-refractivity contribution < 1.29 is 9.59 Å². The molecular formula is C16H22ClN3O2. The lowest BCUT2D eigenvalue weighted by Crippen LogP contribution is -2.46. The van der Waals surface area contributed by atoms with E-state index in [2.05, 4.69) is 16.0 Å². The predicted molar refractivity (Wildman–Crippen MR) is 86.8 cm³/mol. The first-order valence-corrected chi connectivity index (χ1v) is 8.01. The summed E-state index contributed by atoms with van der Waals surface area (Å²) in [5.74, 6) is -0.343. The molecule has 1 aliphatic carbocycles. The van der Waals surface area contributed by atoms with E-state index in [-0.39, 0.29) is 24.5 Å². The second-order valence-electron chi connectivity index (χ2n) is 5.66. The monoisotopic (exact) mass is 323 g/mol. The molecule has 0 aromatic heterocycles. The molecule has 1 aromatic carbocycles. The van der Waals surface area contributed by atoms with Gasteiger partial charge in [-0.1, -0.05) is 36.6 Å². The van der Waals surface area contributed by atoms with E-state index >= 15 is 0 Å². The molecule has 1 fully saturated rings. The highest BCUT2D eigenvalue weighted by Crippen LogP contribution is 2.18. The largest absolute Gasteiger partial charge is 0.335 e. The van der Waals surface area contributed by atoms with Crippen LogP contribution in [-0.2, 0) is 4.79 Å². The van der Waals surface area contributed by atoms with Crippen LogP contribution in [0.4, 0.5) is 4.79 Å². The summed E-state index contributed by atoms with van der Waals surface area (Å²) in [7, 11) is 0. The Kier molecular flexibility index (Phi) is 6.21. The second-order valence-corrected chi connectivity index (χ2v) is 6.10. The van der Waals surface area contributed by atoms with Crippen molar-refractivity contribution in [2.45, 2.75) is 44.7 Å². The van der Waals surface area contributed by atoms with Gasteiger partial charge >= 0.3 is 6.03 Å². The molecule has 1 aliphatic rings. The Balaban J connectivity index is 1.71. The Morgan fingerprint density at radius 2 is 2.05 bits per heavy atom. The molecule has 3 amide bonds. The van der Waals surface area contributed by atoms with Crippen molar-refractivity contribution in [2.24, 2.45) is 0 Å². The highest BCUT2D eigenvalue weighted by atomic mass is 35.5. The van der Waals surface area contributed by atoms with Crippen molar-refractivity contribution in [1.82, 2.24) is 16.0 Å². The zero-order chi connectivity index (χ0) is 15.9. The smallest absolute Gasteiger partial charge is 0.321 e. The van der Waals surface area contributed by atoms with Crippen molar-refractivity contribution in [3.05, 3.63) is 34.9 Å². The molecule has 6 heteroatoms. The van der Waals surface area contributed by atoms with Crippen LogP contribution in [0.3, 0.4) is 0 Å². The molecule has 2 rings (SSSR count). The molecule has 22 heavy (non-hydrogen) atoms. The first kappa shape index (κ1) is 16.8. The van der Waals surface area contributed by atoms with Gasteiger partial charge < -0.3 is 10.6 Å². The first-order valence-electron chi connectivity index (χ1n) is 7.64. The van der Waals surface area contributed by atoms with Crippen LogP contribution in [-0.4, -0.2) is 24.5 Å². The van der Waals surface area contributed by atoms with E-state index in [1.807, 2.05) is 25.1 Å². The Morgan fingerprint density at radius 3 is 2.73 bits per heavy atom. The zero-order valence-electron chi connectivity index (χ0n) is 12.7. The number of amides is 3. The number of carbonyl (C=O) groups excluding carboxylic acids is 2. The standard InChI is InChI=1S/C16H22ClN3O2/c1-11(12-5-4-6-13(17)9-12)18-10-15(21)20-16(22)19-14-7-2-3-8-14/h4-6,9,11,14,18H,2-3,7-8,10H2,1H3,(H2,19,20,21,22)/t11-/m0/s1. The fourth-order valence-corrected chi connectivity index (χ4v) is 2.80. The van der Waals surface area contributed by atoms with Crippen LogP contribution in [0.1, 0.15) is 44.2 Å². The third-order valence-corrected chi connectivity index (χ3v) is 4.10. The molecule has 5 nitrogen and oxygen atoms in total. The molecule has 1 aromatic rings. The van der Waals surface area contributed by atoms with E-state index < -0.39 is 6.03 Å². The Labute approximate surface area is 135 Å². The van der Waals surface area contributed by atoms with E-state index in [0.29, 0.717) is 5.02 Å². The summed E-state index contributed by atoms with van der Waals surface area (Å²) in [6.45, 7) is 2.02. The average Bonchev–Trinajstić information content (AvgIpc) is 2.97. The maximum atomic E-state index is 11.8. The molecule has 1 saturated carbocycles. The number of halogens is 1. The van der Waals surface area contributed by atoms with E-state index in [9.17, 15) is 9.59 Å². The molecule has 0 saturated heterocycles. The summed E-state index contributed by atoms with van der Waals surface area (Å²) in [5, 5.41) is 8.90. The minimum absolute atomic E-state index is 0.0256. The van der Waals surface area contributed by atoms with Gasteiger partial charge in [-0.05, 0) is 37.5 Å². The second kappa shape index (κ2) is 8.15. The summed E-state index contributed by atoms with van der Waals surface area (Å²) in [5.41, 5.74) is 0.996. The van der Waals surface area contributed by atoms with Gasteiger partial charge in [-0.25, -0.2) is 4.79 Å². The highest BCUT2D eigenvalue weighted by molar-refractivity contribution is 6.30. The van der Waals surface area contributed by atoms with Crippen molar-refractivity contribution in [1.29, 1.82) is 0 Å².